The van der Waals surface area contributed by atoms with Gasteiger partial charge in [0.1, 0.15) is 5.82 Å². The second kappa shape index (κ2) is 3.01. The zero-order chi connectivity index (χ0) is 8.27. The van der Waals surface area contributed by atoms with Crippen molar-refractivity contribution in [3.05, 3.63) is 23.9 Å². The fourth-order valence-electron chi connectivity index (χ4n) is 0.721. The zero-order valence-electron chi connectivity index (χ0n) is 6.16. The molecule has 4 nitrogen and oxygen atoms in total. The molecular formula is C7H9N3O. The first kappa shape index (κ1) is 7.53. The number of amides is 1. The van der Waals surface area contributed by atoms with Crippen molar-refractivity contribution >= 4 is 11.7 Å². The van der Waals surface area contributed by atoms with Crippen molar-refractivity contribution in [2.24, 2.45) is 5.73 Å². The summed E-state index contributed by atoms with van der Waals surface area (Å²) < 4.78 is 0. The number of hydrogen-bond donors (Lipinski definition) is 2. The summed E-state index contributed by atoms with van der Waals surface area (Å²) in [6, 6.07) is 3.17. The van der Waals surface area contributed by atoms with Gasteiger partial charge < -0.3 is 11.1 Å². The SMILES string of the molecule is CNc1cc(C(N)=O)ccn1. The summed E-state index contributed by atoms with van der Waals surface area (Å²) in [4.78, 5) is 14.6. The number of primary amides is 1. The van der Waals surface area contributed by atoms with Crippen LogP contribution < -0.4 is 11.1 Å². The predicted octanol–water partition coefficient (Wildman–Crippen LogP) is 0.222. The highest BCUT2D eigenvalue weighted by atomic mass is 16.1. The largest absolute Gasteiger partial charge is 0.373 e. The minimum Gasteiger partial charge on any atom is -0.373 e. The molecule has 1 amide bonds. The molecule has 0 fully saturated rings. The lowest BCUT2D eigenvalue weighted by Gasteiger charge is -1.98. The molecule has 0 saturated carbocycles. The molecule has 0 unspecified atom stereocenters. The van der Waals surface area contributed by atoms with Crippen LogP contribution >= 0.6 is 0 Å². The average Bonchev–Trinajstić information content (AvgIpc) is 2.05. The van der Waals surface area contributed by atoms with E-state index in [0.717, 1.165) is 0 Å². The normalized spacial score (nSPS) is 9.18. The number of nitrogens with two attached hydrogens (primary N) is 1. The Kier molecular flexibility index (Phi) is 2.06. The highest BCUT2D eigenvalue weighted by molar-refractivity contribution is 5.93. The molecule has 0 aliphatic rings. The first-order valence-corrected chi connectivity index (χ1v) is 3.17. The second-order valence-corrected chi connectivity index (χ2v) is 2.04. The van der Waals surface area contributed by atoms with Gasteiger partial charge in [0.25, 0.3) is 0 Å². The van der Waals surface area contributed by atoms with Gasteiger partial charge in [0.15, 0.2) is 0 Å². The fraction of sp³-hybridized carbons (Fsp3) is 0.143. The Morgan fingerprint density at radius 3 is 3.00 bits per heavy atom. The van der Waals surface area contributed by atoms with Crippen molar-refractivity contribution in [1.29, 1.82) is 0 Å². The molecule has 1 aromatic heterocycles. The van der Waals surface area contributed by atoms with Crippen LogP contribution in [-0.2, 0) is 0 Å². The second-order valence-electron chi connectivity index (χ2n) is 2.04. The monoisotopic (exact) mass is 151 g/mol. The molecule has 0 spiro atoms. The molecule has 1 heterocycles. The summed E-state index contributed by atoms with van der Waals surface area (Å²) in [6.45, 7) is 0. The third-order valence-corrected chi connectivity index (χ3v) is 1.30. The summed E-state index contributed by atoms with van der Waals surface area (Å²) in [5.41, 5.74) is 5.51. The summed E-state index contributed by atoms with van der Waals surface area (Å²) in [6.07, 6.45) is 1.53. The first-order valence-electron chi connectivity index (χ1n) is 3.17. The number of pyridine rings is 1. The van der Waals surface area contributed by atoms with Crippen LogP contribution in [-0.4, -0.2) is 17.9 Å². The summed E-state index contributed by atoms with van der Waals surface area (Å²) in [7, 11) is 1.73. The fourth-order valence-corrected chi connectivity index (χ4v) is 0.721. The van der Waals surface area contributed by atoms with Crippen LogP contribution in [0.1, 0.15) is 10.4 Å². The molecule has 58 valence electrons. The molecule has 3 N–H and O–H groups in total. The van der Waals surface area contributed by atoms with Crippen LogP contribution in [0.4, 0.5) is 5.82 Å². The minimum absolute atomic E-state index is 0.441. The van der Waals surface area contributed by atoms with Crippen molar-refractivity contribution in [3.63, 3.8) is 0 Å². The van der Waals surface area contributed by atoms with Gasteiger partial charge >= 0.3 is 0 Å². The Bertz CT molecular complexity index is 272. The standard InChI is InChI=1S/C7H9N3O/c1-9-6-4-5(7(8)11)2-3-10-6/h2-4H,1H3,(H2,8,11)(H,9,10). The van der Waals surface area contributed by atoms with E-state index in [2.05, 4.69) is 10.3 Å². The third-order valence-electron chi connectivity index (χ3n) is 1.30. The predicted molar refractivity (Wildman–Crippen MR) is 42.3 cm³/mol. The van der Waals surface area contributed by atoms with Crippen LogP contribution in [0.15, 0.2) is 18.3 Å². The van der Waals surface area contributed by atoms with Crippen LogP contribution in [0.25, 0.3) is 0 Å². The Hall–Kier alpha value is -1.58. The lowest BCUT2D eigenvalue weighted by atomic mass is 10.2. The number of rotatable bonds is 2. The quantitative estimate of drug-likeness (QED) is 0.635. The topological polar surface area (TPSA) is 68.0 Å². The maximum Gasteiger partial charge on any atom is 0.248 e. The van der Waals surface area contributed by atoms with E-state index in [0.29, 0.717) is 11.4 Å². The van der Waals surface area contributed by atoms with E-state index in [-0.39, 0.29) is 0 Å². The van der Waals surface area contributed by atoms with Gasteiger partial charge in [0.2, 0.25) is 5.91 Å². The Labute approximate surface area is 64.4 Å². The molecule has 0 aromatic carbocycles. The van der Waals surface area contributed by atoms with Crippen molar-refractivity contribution < 1.29 is 4.79 Å². The average molecular weight is 151 g/mol. The van der Waals surface area contributed by atoms with Crippen molar-refractivity contribution in [2.75, 3.05) is 12.4 Å². The molecule has 0 bridgehead atoms. The van der Waals surface area contributed by atoms with Crippen LogP contribution in [0.2, 0.25) is 0 Å². The molecule has 0 aliphatic heterocycles. The van der Waals surface area contributed by atoms with E-state index >= 15 is 0 Å². The van der Waals surface area contributed by atoms with Crippen molar-refractivity contribution in [1.82, 2.24) is 4.98 Å². The highest BCUT2D eigenvalue weighted by Crippen LogP contribution is 2.04. The maximum absolute atomic E-state index is 10.6. The van der Waals surface area contributed by atoms with Gasteiger partial charge in [-0.15, -0.1) is 0 Å². The molecule has 4 heteroatoms. The number of hydrogen-bond acceptors (Lipinski definition) is 3. The maximum atomic E-state index is 10.6. The van der Waals surface area contributed by atoms with Crippen LogP contribution in [0.5, 0.6) is 0 Å². The van der Waals surface area contributed by atoms with Gasteiger partial charge in [-0.25, -0.2) is 4.98 Å². The van der Waals surface area contributed by atoms with E-state index in [1.165, 1.54) is 6.20 Å². The summed E-state index contributed by atoms with van der Waals surface area (Å²) >= 11 is 0. The highest BCUT2D eigenvalue weighted by Gasteiger charge is 1.99. The molecule has 0 atom stereocenters. The molecule has 11 heavy (non-hydrogen) atoms. The number of carbonyl (C=O) groups is 1. The van der Waals surface area contributed by atoms with Crippen LogP contribution in [0, 0.1) is 0 Å². The van der Waals surface area contributed by atoms with E-state index in [9.17, 15) is 4.79 Å². The lowest BCUT2D eigenvalue weighted by molar-refractivity contribution is 0.100. The van der Waals surface area contributed by atoms with E-state index in [1.807, 2.05) is 0 Å². The molecule has 0 aliphatic carbocycles. The van der Waals surface area contributed by atoms with Crippen molar-refractivity contribution in [2.45, 2.75) is 0 Å². The summed E-state index contributed by atoms with van der Waals surface area (Å²) in [5.74, 6) is 0.199. The smallest absolute Gasteiger partial charge is 0.248 e. The molecule has 1 aromatic rings. The van der Waals surface area contributed by atoms with E-state index < -0.39 is 5.91 Å². The Balaban J connectivity index is 3.01. The Morgan fingerprint density at radius 1 is 1.73 bits per heavy atom. The van der Waals surface area contributed by atoms with Crippen LogP contribution in [0.3, 0.4) is 0 Å². The number of carbonyl (C=O) groups excluding carboxylic acids is 1. The number of anilines is 1. The molecule has 0 radical (unpaired) electrons. The van der Waals surface area contributed by atoms with Gasteiger partial charge in [-0.1, -0.05) is 0 Å². The van der Waals surface area contributed by atoms with Gasteiger partial charge in [-0.3, -0.25) is 4.79 Å². The lowest BCUT2D eigenvalue weighted by Crippen LogP contribution is -2.11. The van der Waals surface area contributed by atoms with Gasteiger partial charge in [0.05, 0.1) is 0 Å². The minimum atomic E-state index is -0.441. The molecule has 0 saturated heterocycles. The van der Waals surface area contributed by atoms with Gasteiger partial charge in [-0.2, -0.15) is 0 Å². The molecule has 1 rings (SSSR count). The number of nitrogens with zero attached hydrogens (tertiary/aromatic N) is 1. The van der Waals surface area contributed by atoms with Gasteiger partial charge in [-0.05, 0) is 12.1 Å². The number of aromatic nitrogens is 1. The van der Waals surface area contributed by atoms with E-state index in [4.69, 9.17) is 5.73 Å². The Morgan fingerprint density at radius 2 is 2.45 bits per heavy atom. The third kappa shape index (κ3) is 1.67. The van der Waals surface area contributed by atoms with Crippen molar-refractivity contribution in [3.8, 4) is 0 Å². The zero-order valence-corrected chi connectivity index (χ0v) is 6.16. The first-order chi connectivity index (χ1) is 5.24. The van der Waals surface area contributed by atoms with E-state index in [1.54, 1.807) is 19.2 Å². The number of nitrogens with one attached hydrogen (secondary N) is 1. The summed E-state index contributed by atoms with van der Waals surface area (Å²) in [5, 5.41) is 2.80. The molecular weight excluding hydrogens is 142 g/mol. The van der Waals surface area contributed by atoms with Gasteiger partial charge in [0, 0.05) is 18.8 Å².